The van der Waals surface area contributed by atoms with Gasteiger partial charge in [-0.05, 0) is 62.9 Å². The minimum atomic E-state index is -0.363. The maximum Gasteiger partial charge on any atom is 0.227 e. The van der Waals surface area contributed by atoms with Crippen molar-refractivity contribution >= 4 is 11.6 Å². The molecular formula is C25H29F2N5O2. The van der Waals surface area contributed by atoms with Crippen molar-refractivity contribution < 1.29 is 18.1 Å². The van der Waals surface area contributed by atoms with E-state index in [0.29, 0.717) is 22.8 Å². The highest BCUT2D eigenvalue weighted by molar-refractivity contribution is 5.77. The van der Waals surface area contributed by atoms with Crippen LogP contribution in [0.2, 0.25) is 0 Å². The van der Waals surface area contributed by atoms with E-state index in [1.165, 1.54) is 18.2 Å². The van der Waals surface area contributed by atoms with Gasteiger partial charge in [0, 0.05) is 55.8 Å². The number of hydrogen-bond acceptors (Lipinski definition) is 6. The Morgan fingerprint density at radius 1 is 1.15 bits per heavy atom. The Hall–Kier alpha value is -3.33. The van der Waals surface area contributed by atoms with E-state index < -0.39 is 0 Å². The van der Waals surface area contributed by atoms with Gasteiger partial charge in [-0.3, -0.25) is 4.79 Å². The van der Waals surface area contributed by atoms with E-state index in [1.807, 2.05) is 6.92 Å². The summed E-state index contributed by atoms with van der Waals surface area (Å²) in [4.78, 5) is 21.4. The van der Waals surface area contributed by atoms with Gasteiger partial charge in [0.15, 0.2) is 0 Å². The lowest BCUT2D eigenvalue weighted by Gasteiger charge is -2.36. The molecule has 1 aromatic heterocycles. The molecule has 34 heavy (non-hydrogen) atoms. The molecule has 1 saturated heterocycles. The summed E-state index contributed by atoms with van der Waals surface area (Å²) in [6.07, 6.45) is 0.410. The topological polar surface area (TPSA) is 74.5 Å². The monoisotopic (exact) mass is 469 g/mol. The van der Waals surface area contributed by atoms with Gasteiger partial charge in [-0.15, -0.1) is 0 Å². The standard InChI is InChI=1S/C25H29F2N5O2/c1-16-14-18(4-6-21(16)27)25-29-24(34-30-25)9-8-23(33)28-17(2)20-15-19(26)5-7-22(20)32-12-10-31(3)11-13-32/h4-7,14-15,17H,8-13H2,1-3H3,(H,28,33). The van der Waals surface area contributed by atoms with Gasteiger partial charge in [-0.1, -0.05) is 5.16 Å². The van der Waals surface area contributed by atoms with Crippen LogP contribution >= 0.6 is 0 Å². The first-order valence-corrected chi connectivity index (χ1v) is 11.4. The summed E-state index contributed by atoms with van der Waals surface area (Å²) in [5.74, 6) is -0.152. The van der Waals surface area contributed by atoms with Crippen molar-refractivity contribution in [1.29, 1.82) is 0 Å². The second kappa shape index (κ2) is 10.3. The van der Waals surface area contributed by atoms with Crippen LogP contribution in [0.1, 0.15) is 36.4 Å². The van der Waals surface area contributed by atoms with E-state index in [9.17, 15) is 13.6 Å². The number of rotatable bonds is 7. The molecule has 1 unspecified atom stereocenters. The summed E-state index contributed by atoms with van der Waals surface area (Å²) >= 11 is 0. The fourth-order valence-electron chi connectivity index (χ4n) is 4.08. The van der Waals surface area contributed by atoms with Gasteiger partial charge < -0.3 is 19.6 Å². The molecule has 2 heterocycles. The van der Waals surface area contributed by atoms with Gasteiger partial charge in [0.05, 0.1) is 6.04 Å². The van der Waals surface area contributed by atoms with E-state index in [1.54, 1.807) is 25.1 Å². The van der Waals surface area contributed by atoms with Gasteiger partial charge >= 0.3 is 0 Å². The Morgan fingerprint density at radius 3 is 2.65 bits per heavy atom. The second-order valence-electron chi connectivity index (χ2n) is 8.76. The third-order valence-corrected chi connectivity index (χ3v) is 6.13. The van der Waals surface area contributed by atoms with Crippen LogP contribution in [-0.2, 0) is 11.2 Å². The Bertz CT molecular complexity index is 1160. The van der Waals surface area contributed by atoms with Crippen LogP contribution in [-0.4, -0.2) is 54.2 Å². The minimum absolute atomic E-state index is 0.146. The molecule has 0 saturated carbocycles. The van der Waals surface area contributed by atoms with Crippen molar-refractivity contribution in [2.24, 2.45) is 0 Å². The van der Waals surface area contributed by atoms with Crippen LogP contribution in [0.25, 0.3) is 11.4 Å². The van der Waals surface area contributed by atoms with Gasteiger partial charge in [-0.25, -0.2) is 8.78 Å². The van der Waals surface area contributed by atoms with Crippen molar-refractivity contribution in [3.63, 3.8) is 0 Å². The van der Waals surface area contributed by atoms with Crippen LogP contribution in [0.3, 0.4) is 0 Å². The first-order chi connectivity index (χ1) is 16.3. The number of piperazine rings is 1. The number of carbonyl (C=O) groups is 1. The van der Waals surface area contributed by atoms with Crippen LogP contribution < -0.4 is 10.2 Å². The smallest absolute Gasteiger partial charge is 0.227 e. The summed E-state index contributed by atoms with van der Waals surface area (Å²) < 4.78 is 32.8. The normalized spacial score (nSPS) is 15.4. The molecule has 4 rings (SSSR count). The van der Waals surface area contributed by atoms with E-state index in [2.05, 4.69) is 32.3 Å². The van der Waals surface area contributed by atoms with Crippen molar-refractivity contribution in [3.05, 3.63) is 65.1 Å². The molecule has 1 aliphatic rings. The highest BCUT2D eigenvalue weighted by Crippen LogP contribution is 2.28. The SMILES string of the molecule is Cc1cc(-c2noc(CCC(=O)NC(C)c3cc(F)ccc3N3CCN(C)CC3)n2)ccc1F. The largest absolute Gasteiger partial charge is 0.369 e. The quantitative estimate of drug-likeness (QED) is 0.566. The molecule has 1 fully saturated rings. The summed E-state index contributed by atoms with van der Waals surface area (Å²) in [7, 11) is 2.08. The van der Waals surface area contributed by atoms with E-state index in [0.717, 1.165) is 37.4 Å². The van der Waals surface area contributed by atoms with E-state index >= 15 is 0 Å². The number of aromatic nitrogens is 2. The van der Waals surface area contributed by atoms with Crippen molar-refractivity contribution in [2.75, 3.05) is 38.1 Å². The van der Waals surface area contributed by atoms with E-state index in [4.69, 9.17) is 4.52 Å². The van der Waals surface area contributed by atoms with Crippen LogP contribution in [0.4, 0.5) is 14.5 Å². The first-order valence-electron chi connectivity index (χ1n) is 11.4. The zero-order chi connectivity index (χ0) is 24.2. The number of anilines is 1. The maximum absolute atomic E-state index is 14.0. The number of likely N-dealkylation sites (N-methyl/N-ethyl adjacent to an activating group) is 1. The number of halogens is 2. The molecule has 180 valence electrons. The van der Waals surface area contributed by atoms with Crippen molar-refractivity contribution in [1.82, 2.24) is 20.4 Å². The van der Waals surface area contributed by atoms with E-state index in [-0.39, 0.29) is 36.4 Å². The zero-order valence-electron chi connectivity index (χ0n) is 19.6. The maximum atomic E-state index is 14.0. The number of hydrogen-bond donors (Lipinski definition) is 1. The molecule has 1 atom stereocenters. The highest BCUT2D eigenvalue weighted by Gasteiger charge is 2.21. The minimum Gasteiger partial charge on any atom is -0.369 e. The molecule has 7 nitrogen and oxygen atoms in total. The molecule has 0 bridgehead atoms. The molecule has 9 heteroatoms. The summed E-state index contributed by atoms with van der Waals surface area (Å²) in [5, 5.41) is 6.89. The third-order valence-electron chi connectivity index (χ3n) is 6.13. The fourth-order valence-corrected chi connectivity index (χ4v) is 4.08. The molecule has 1 N–H and O–H groups in total. The van der Waals surface area contributed by atoms with Crippen LogP contribution in [0.15, 0.2) is 40.9 Å². The number of nitrogens with one attached hydrogen (secondary N) is 1. The number of benzene rings is 2. The zero-order valence-corrected chi connectivity index (χ0v) is 19.6. The fraction of sp³-hybridized carbons (Fsp3) is 0.400. The molecule has 0 aliphatic carbocycles. The number of carbonyl (C=O) groups excluding carboxylic acids is 1. The summed E-state index contributed by atoms with van der Waals surface area (Å²) in [6, 6.07) is 8.97. The van der Waals surface area contributed by atoms with Gasteiger partial charge in [0.2, 0.25) is 17.6 Å². The average molecular weight is 470 g/mol. The summed E-state index contributed by atoms with van der Waals surface area (Å²) in [5.41, 5.74) is 2.84. The third kappa shape index (κ3) is 5.59. The average Bonchev–Trinajstić information content (AvgIpc) is 3.29. The predicted molar refractivity (Wildman–Crippen MR) is 125 cm³/mol. The van der Waals surface area contributed by atoms with Crippen LogP contribution in [0, 0.1) is 18.6 Å². The van der Waals surface area contributed by atoms with Gasteiger partial charge in [0.25, 0.3) is 0 Å². The van der Waals surface area contributed by atoms with Gasteiger partial charge in [-0.2, -0.15) is 4.98 Å². The Labute approximate surface area is 197 Å². The lowest BCUT2D eigenvalue weighted by molar-refractivity contribution is -0.121. The Kier molecular flexibility index (Phi) is 7.21. The highest BCUT2D eigenvalue weighted by atomic mass is 19.1. The summed E-state index contributed by atoms with van der Waals surface area (Å²) in [6.45, 7) is 7.08. The molecule has 2 aromatic carbocycles. The lowest BCUT2D eigenvalue weighted by Crippen LogP contribution is -2.45. The van der Waals surface area contributed by atoms with Gasteiger partial charge in [0.1, 0.15) is 11.6 Å². The molecule has 0 spiro atoms. The number of aryl methyl sites for hydroxylation is 2. The molecular weight excluding hydrogens is 440 g/mol. The first kappa shape index (κ1) is 23.8. The van der Waals surface area contributed by atoms with Crippen molar-refractivity contribution in [2.45, 2.75) is 32.7 Å². The molecule has 3 aromatic rings. The lowest BCUT2D eigenvalue weighted by atomic mass is 10.0. The Morgan fingerprint density at radius 2 is 1.91 bits per heavy atom. The second-order valence-corrected chi connectivity index (χ2v) is 8.76. The van der Waals surface area contributed by atoms with Crippen molar-refractivity contribution in [3.8, 4) is 11.4 Å². The number of amides is 1. The number of nitrogens with zero attached hydrogens (tertiary/aromatic N) is 4. The molecule has 1 amide bonds. The molecule has 0 radical (unpaired) electrons. The predicted octanol–water partition coefficient (Wildman–Crippen LogP) is 3.89. The Balaban J connectivity index is 1.37. The van der Waals surface area contributed by atoms with Crippen LogP contribution in [0.5, 0.6) is 0 Å². The molecule has 1 aliphatic heterocycles.